The lowest BCUT2D eigenvalue weighted by Crippen LogP contribution is -2.37. The van der Waals surface area contributed by atoms with Crippen LogP contribution in [0, 0.1) is 0 Å². The molecule has 5 heteroatoms. The van der Waals surface area contributed by atoms with E-state index >= 15 is 0 Å². The van der Waals surface area contributed by atoms with E-state index in [9.17, 15) is 9.59 Å². The molecule has 0 saturated heterocycles. The topological polar surface area (TPSA) is 55.4 Å². The molecule has 0 bridgehead atoms. The number of nitrogens with one attached hydrogen (secondary N) is 1. The highest BCUT2D eigenvalue weighted by molar-refractivity contribution is 6.34. The van der Waals surface area contributed by atoms with Crippen LogP contribution in [0.4, 0.5) is 4.79 Å². The number of rotatable bonds is 5. The summed E-state index contributed by atoms with van der Waals surface area (Å²) in [6, 6.07) is 17.7. The molecule has 0 aliphatic rings. The molecule has 0 fully saturated rings. The minimum Gasteiger partial charge on any atom is -0.445 e. The molecule has 0 spiro atoms. The van der Waals surface area contributed by atoms with Crippen LogP contribution < -0.4 is 5.32 Å². The van der Waals surface area contributed by atoms with E-state index < -0.39 is 11.6 Å². The summed E-state index contributed by atoms with van der Waals surface area (Å²) in [6.07, 6.45) is -0.733. The fourth-order valence-electron chi connectivity index (χ4n) is 1.68. The number of amides is 1. The Kier molecular flexibility index (Phi) is 5.35. The predicted octanol–water partition coefficient (Wildman–Crippen LogP) is 3.36. The SMILES string of the molecule is O=C(N[C@@H](Cl)C(=O)c1ccccc1)OCc1ccccc1. The monoisotopic (exact) mass is 303 g/mol. The molecule has 0 aliphatic carbocycles. The van der Waals surface area contributed by atoms with Gasteiger partial charge in [-0.2, -0.15) is 0 Å². The van der Waals surface area contributed by atoms with Gasteiger partial charge in [0.25, 0.3) is 0 Å². The van der Waals surface area contributed by atoms with Gasteiger partial charge in [-0.25, -0.2) is 4.79 Å². The summed E-state index contributed by atoms with van der Waals surface area (Å²) >= 11 is 5.88. The first kappa shape index (κ1) is 15.1. The van der Waals surface area contributed by atoms with E-state index in [0.29, 0.717) is 5.56 Å². The second-order valence-electron chi connectivity index (χ2n) is 4.30. The first-order valence-electron chi connectivity index (χ1n) is 6.37. The molecule has 1 atom stereocenters. The van der Waals surface area contributed by atoms with Gasteiger partial charge in [-0.3, -0.25) is 10.1 Å². The molecule has 0 aliphatic heterocycles. The molecular formula is C16H14ClNO3. The van der Waals surface area contributed by atoms with Crippen LogP contribution in [-0.4, -0.2) is 17.4 Å². The van der Waals surface area contributed by atoms with Crippen LogP contribution in [0.1, 0.15) is 15.9 Å². The molecule has 21 heavy (non-hydrogen) atoms. The summed E-state index contributed by atoms with van der Waals surface area (Å²) in [5, 5.41) is 2.30. The maximum atomic E-state index is 12.0. The molecule has 2 aromatic rings. The van der Waals surface area contributed by atoms with Crippen molar-refractivity contribution in [3.63, 3.8) is 0 Å². The summed E-state index contributed by atoms with van der Waals surface area (Å²) < 4.78 is 5.00. The van der Waals surface area contributed by atoms with Gasteiger partial charge in [0.05, 0.1) is 0 Å². The van der Waals surface area contributed by atoms with Crippen molar-refractivity contribution in [1.29, 1.82) is 0 Å². The van der Waals surface area contributed by atoms with Gasteiger partial charge in [0.15, 0.2) is 5.50 Å². The molecule has 0 heterocycles. The van der Waals surface area contributed by atoms with Gasteiger partial charge in [-0.15, -0.1) is 0 Å². The molecular weight excluding hydrogens is 290 g/mol. The lowest BCUT2D eigenvalue weighted by Gasteiger charge is -2.11. The number of ether oxygens (including phenoxy) is 1. The van der Waals surface area contributed by atoms with E-state index in [-0.39, 0.29) is 12.4 Å². The van der Waals surface area contributed by atoms with Crippen molar-refractivity contribution in [3.05, 3.63) is 71.8 Å². The summed E-state index contributed by atoms with van der Waals surface area (Å²) in [4.78, 5) is 23.5. The van der Waals surface area contributed by atoms with Crippen molar-refractivity contribution in [2.75, 3.05) is 0 Å². The maximum absolute atomic E-state index is 12.0. The highest BCUT2D eigenvalue weighted by Gasteiger charge is 2.19. The third-order valence-electron chi connectivity index (χ3n) is 2.75. The number of halogens is 1. The molecule has 2 rings (SSSR count). The van der Waals surface area contributed by atoms with Gasteiger partial charge in [0.1, 0.15) is 6.61 Å². The number of carbonyl (C=O) groups is 2. The second-order valence-corrected chi connectivity index (χ2v) is 4.74. The number of alkyl carbamates (subject to hydrolysis) is 1. The summed E-state index contributed by atoms with van der Waals surface area (Å²) in [5.74, 6) is -0.381. The Labute approximate surface area is 127 Å². The number of ketones is 1. The van der Waals surface area contributed by atoms with Gasteiger partial charge in [-0.1, -0.05) is 72.3 Å². The van der Waals surface area contributed by atoms with Crippen molar-refractivity contribution < 1.29 is 14.3 Å². The standard InChI is InChI=1S/C16H14ClNO3/c17-15(14(19)13-9-5-2-6-10-13)18-16(20)21-11-12-7-3-1-4-8-12/h1-10,15H,11H2,(H,18,20)/t15-/m1/s1. The molecule has 0 radical (unpaired) electrons. The number of hydrogen-bond donors (Lipinski definition) is 1. The largest absolute Gasteiger partial charge is 0.445 e. The average molecular weight is 304 g/mol. The molecule has 1 N–H and O–H groups in total. The zero-order valence-electron chi connectivity index (χ0n) is 11.2. The molecule has 0 unspecified atom stereocenters. The first-order chi connectivity index (χ1) is 10.2. The van der Waals surface area contributed by atoms with Gasteiger partial charge >= 0.3 is 6.09 Å². The van der Waals surface area contributed by atoms with Crippen molar-refractivity contribution in [3.8, 4) is 0 Å². The molecule has 1 amide bonds. The second kappa shape index (κ2) is 7.45. The van der Waals surface area contributed by atoms with E-state index in [1.165, 1.54) is 0 Å². The summed E-state index contributed by atoms with van der Waals surface area (Å²) in [5.41, 5.74) is 0.129. The minimum atomic E-state index is -1.16. The first-order valence-corrected chi connectivity index (χ1v) is 6.81. The van der Waals surface area contributed by atoms with Crippen molar-refractivity contribution in [2.24, 2.45) is 0 Å². The van der Waals surface area contributed by atoms with Crippen molar-refractivity contribution in [1.82, 2.24) is 5.32 Å². The summed E-state index contributed by atoms with van der Waals surface area (Å²) in [7, 11) is 0. The molecule has 0 saturated carbocycles. The van der Waals surface area contributed by atoms with Gasteiger partial charge in [-0.05, 0) is 5.56 Å². The Balaban J connectivity index is 1.83. The van der Waals surface area contributed by atoms with Crippen LogP contribution in [0.3, 0.4) is 0 Å². The van der Waals surface area contributed by atoms with E-state index in [0.717, 1.165) is 5.56 Å². The lowest BCUT2D eigenvalue weighted by atomic mass is 10.1. The van der Waals surface area contributed by atoms with E-state index in [1.54, 1.807) is 30.3 Å². The Hall–Kier alpha value is -2.33. The number of benzene rings is 2. The lowest BCUT2D eigenvalue weighted by molar-refractivity contribution is 0.0956. The molecule has 0 aromatic heterocycles. The predicted molar refractivity (Wildman–Crippen MR) is 80.2 cm³/mol. The number of Topliss-reactive ketones (excluding diaryl/α,β-unsaturated/α-hetero) is 1. The Morgan fingerprint density at radius 1 is 1.00 bits per heavy atom. The molecule has 4 nitrogen and oxygen atoms in total. The fourth-order valence-corrected chi connectivity index (χ4v) is 1.90. The fraction of sp³-hybridized carbons (Fsp3) is 0.125. The highest BCUT2D eigenvalue weighted by Crippen LogP contribution is 2.07. The Bertz CT molecular complexity index is 601. The van der Waals surface area contributed by atoms with Crippen molar-refractivity contribution in [2.45, 2.75) is 12.1 Å². The van der Waals surface area contributed by atoms with Crippen LogP contribution in [0.25, 0.3) is 0 Å². The normalized spacial score (nSPS) is 11.5. The maximum Gasteiger partial charge on any atom is 0.409 e. The highest BCUT2D eigenvalue weighted by atomic mass is 35.5. The third kappa shape index (κ3) is 4.61. The molecule has 2 aromatic carbocycles. The van der Waals surface area contributed by atoms with E-state index in [2.05, 4.69) is 5.32 Å². The van der Waals surface area contributed by atoms with Crippen LogP contribution in [0.2, 0.25) is 0 Å². The Morgan fingerprint density at radius 2 is 1.57 bits per heavy atom. The third-order valence-corrected chi connectivity index (χ3v) is 3.05. The van der Waals surface area contributed by atoms with Crippen LogP contribution in [0.15, 0.2) is 60.7 Å². The number of alkyl halides is 1. The quantitative estimate of drug-likeness (QED) is 0.523. The zero-order chi connectivity index (χ0) is 15.1. The molecule has 108 valence electrons. The van der Waals surface area contributed by atoms with Crippen LogP contribution in [0.5, 0.6) is 0 Å². The smallest absolute Gasteiger partial charge is 0.409 e. The van der Waals surface area contributed by atoms with E-state index in [1.807, 2.05) is 30.3 Å². The van der Waals surface area contributed by atoms with Gasteiger partial charge in [0, 0.05) is 5.56 Å². The average Bonchev–Trinajstić information content (AvgIpc) is 2.54. The number of carbonyl (C=O) groups excluding carboxylic acids is 2. The van der Waals surface area contributed by atoms with Gasteiger partial charge < -0.3 is 4.74 Å². The van der Waals surface area contributed by atoms with Crippen LogP contribution in [-0.2, 0) is 11.3 Å². The van der Waals surface area contributed by atoms with Crippen molar-refractivity contribution >= 4 is 23.5 Å². The zero-order valence-corrected chi connectivity index (χ0v) is 11.9. The van der Waals surface area contributed by atoms with Crippen LogP contribution >= 0.6 is 11.6 Å². The Morgan fingerprint density at radius 3 is 2.19 bits per heavy atom. The van der Waals surface area contributed by atoms with Gasteiger partial charge in [0.2, 0.25) is 5.78 Å². The summed E-state index contributed by atoms with van der Waals surface area (Å²) in [6.45, 7) is 0.121. The number of hydrogen-bond acceptors (Lipinski definition) is 3. The van der Waals surface area contributed by atoms with E-state index in [4.69, 9.17) is 16.3 Å². The minimum absolute atomic E-state index is 0.121.